The maximum absolute atomic E-state index is 5.42. The number of likely N-dealkylation sites (N-methyl/N-ethyl adjacent to an activating group) is 1. The van der Waals surface area contributed by atoms with Gasteiger partial charge in [0.25, 0.3) is 0 Å². The minimum atomic E-state index is 0. The first-order chi connectivity index (χ1) is 14.8. The van der Waals surface area contributed by atoms with Gasteiger partial charge in [-0.3, -0.25) is 14.8 Å². The van der Waals surface area contributed by atoms with Gasteiger partial charge in [-0.2, -0.15) is 0 Å². The van der Waals surface area contributed by atoms with Crippen LogP contribution in [0.5, 0.6) is 0 Å². The van der Waals surface area contributed by atoms with E-state index in [-0.39, 0.29) is 24.0 Å². The topological polar surface area (TPSA) is 55.4 Å². The number of nitrogens with zero attached hydrogens (tertiary/aromatic N) is 4. The van der Waals surface area contributed by atoms with Crippen LogP contribution < -0.4 is 10.6 Å². The van der Waals surface area contributed by atoms with Gasteiger partial charge in [0.2, 0.25) is 0 Å². The third kappa shape index (κ3) is 9.21. The molecule has 2 saturated heterocycles. The monoisotopic (exact) mass is 544 g/mol. The van der Waals surface area contributed by atoms with E-state index >= 15 is 0 Å². The van der Waals surface area contributed by atoms with Crippen LogP contribution >= 0.6 is 24.0 Å². The lowest BCUT2D eigenvalue weighted by atomic mass is 10.0. The van der Waals surface area contributed by atoms with Gasteiger partial charge >= 0.3 is 0 Å². The van der Waals surface area contributed by atoms with Crippen LogP contribution in [0.25, 0.3) is 0 Å². The molecule has 2 heterocycles. The molecule has 0 aliphatic carbocycles. The fourth-order valence-electron chi connectivity index (χ4n) is 4.18. The molecule has 0 aromatic heterocycles. The predicted molar refractivity (Wildman–Crippen MR) is 140 cm³/mol. The maximum Gasteiger partial charge on any atom is 0.191 e. The van der Waals surface area contributed by atoms with Crippen LogP contribution in [-0.4, -0.2) is 106 Å². The number of guanidine groups is 1. The second-order valence-corrected chi connectivity index (χ2v) is 8.22. The molecule has 2 N–H and O–H groups in total. The second-order valence-electron chi connectivity index (χ2n) is 8.22. The van der Waals surface area contributed by atoms with E-state index in [4.69, 9.17) is 9.73 Å². The van der Waals surface area contributed by atoms with Gasteiger partial charge in [0.15, 0.2) is 5.96 Å². The summed E-state index contributed by atoms with van der Waals surface area (Å²) < 4.78 is 5.42. The highest BCUT2D eigenvalue weighted by atomic mass is 127. The molecule has 0 amide bonds. The molecule has 0 saturated carbocycles. The number of rotatable bonds is 9. The Morgan fingerprint density at radius 2 is 1.84 bits per heavy atom. The molecule has 31 heavy (non-hydrogen) atoms. The van der Waals surface area contributed by atoms with Crippen LogP contribution in [0.15, 0.2) is 35.3 Å². The highest BCUT2D eigenvalue weighted by Gasteiger charge is 2.25. The van der Waals surface area contributed by atoms with E-state index in [1.807, 2.05) is 0 Å². The Kier molecular flexibility index (Phi) is 12.7. The van der Waals surface area contributed by atoms with Gasteiger partial charge in [0, 0.05) is 71.5 Å². The summed E-state index contributed by atoms with van der Waals surface area (Å²) in [6.45, 7) is 14.0. The number of hydrogen-bond donors (Lipinski definition) is 2. The van der Waals surface area contributed by atoms with Crippen LogP contribution in [0.4, 0.5) is 0 Å². The van der Waals surface area contributed by atoms with Crippen molar-refractivity contribution >= 4 is 29.9 Å². The van der Waals surface area contributed by atoms with Crippen molar-refractivity contribution in [2.45, 2.75) is 19.4 Å². The fraction of sp³-hybridized carbons (Fsp3) is 0.696. The zero-order chi connectivity index (χ0) is 21.0. The van der Waals surface area contributed by atoms with E-state index in [2.05, 4.69) is 69.6 Å². The van der Waals surface area contributed by atoms with Crippen molar-refractivity contribution in [1.29, 1.82) is 0 Å². The molecule has 2 aliphatic rings. The molecule has 7 nitrogen and oxygen atoms in total. The summed E-state index contributed by atoms with van der Waals surface area (Å²) in [6, 6.07) is 11.4. The number of ether oxygens (including phenoxy) is 1. The van der Waals surface area contributed by atoms with E-state index < -0.39 is 0 Å². The summed E-state index contributed by atoms with van der Waals surface area (Å²) in [5.41, 5.74) is 1.42. The Bertz CT molecular complexity index is 626. The SMILES string of the molecule is CCNC(=NCCCN1CCN(C)CC1c1ccccc1)NCCN1CCOCC1.I. The average Bonchev–Trinajstić information content (AvgIpc) is 2.78. The molecule has 2 fully saturated rings. The minimum Gasteiger partial charge on any atom is -0.379 e. The highest BCUT2D eigenvalue weighted by Crippen LogP contribution is 2.24. The van der Waals surface area contributed by atoms with Crippen molar-refractivity contribution in [2.24, 2.45) is 4.99 Å². The lowest BCUT2D eigenvalue weighted by molar-refractivity contribution is 0.0389. The first kappa shape index (κ1) is 26.3. The lowest BCUT2D eigenvalue weighted by Gasteiger charge is -2.40. The largest absolute Gasteiger partial charge is 0.379 e. The third-order valence-corrected chi connectivity index (χ3v) is 5.92. The number of halogens is 1. The minimum absolute atomic E-state index is 0. The van der Waals surface area contributed by atoms with Crippen molar-refractivity contribution in [1.82, 2.24) is 25.3 Å². The third-order valence-electron chi connectivity index (χ3n) is 5.92. The molecule has 3 rings (SSSR count). The quantitative estimate of drug-likeness (QED) is 0.214. The Hall–Kier alpha value is -0.940. The van der Waals surface area contributed by atoms with E-state index in [9.17, 15) is 0 Å². The highest BCUT2D eigenvalue weighted by molar-refractivity contribution is 14.0. The van der Waals surface area contributed by atoms with E-state index in [0.717, 1.165) is 91.0 Å². The van der Waals surface area contributed by atoms with Gasteiger partial charge in [0.1, 0.15) is 0 Å². The molecule has 1 unspecified atom stereocenters. The Morgan fingerprint density at radius 3 is 2.58 bits per heavy atom. The molecule has 1 aromatic rings. The van der Waals surface area contributed by atoms with Gasteiger partial charge in [0.05, 0.1) is 13.2 Å². The summed E-state index contributed by atoms with van der Waals surface area (Å²) >= 11 is 0. The number of morpholine rings is 1. The van der Waals surface area contributed by atoms with Gasteiger partial charge in [-0.1, -0.05) is 30.3 Å². The second kappa shape index (κ2) is 15.0. The Morgan fingerprint density at radius 1 is 1.06 bits per heavy atom. The first-order valence-corrected chi connectivity index (χ1v) is 11.6. The number of aliphatic imine (C=N–C) groups is 1. The van der Waals surface area contributed by atoms with Crippen LogP contribution in [0, 0.1) is 0 Å². The van der Waals surface area contributed by atoms with Crippen molar-refractivity contribution in [3.63, 3.8) is 0 Å². The molecule has 0 radical (unpaired) electrons. The average molecular weight is 545 g/mol. The fourth-order valence-corrected chi connectivity index (χ4v) is 4.18. The van der Waals surface area contributed by atoms with Crippen LogP contribution in [0.2, 0.25) is 0 Å². The van der Waals surface area contributed by atoms with Crippen molar-refractivity contribution in [3.8, 4) is 0 Å². The molecule has 8 heteroatoms. The zero-order valence-electron chi connectivity index (χ0n) is 19.3. The Labute approximate surface area is 205 Å². The number of piperazine rings is 1. The maximum atomic E-state index is 5.42. The summed E-state index contributed by atoms with van der Waals surface area (Å²) in [5.74, 6) is 0.934. The molecule has 1 atom stereocenters. The predicted octanol–water partition coefficient (Wildman–Crippen LogP) is 1.87. The van der Waals surface area contributed by atoms with Crippen molar-refractivity contribution < 1.29 is 4.74 Å². The number of hydrogen-bond acceptors (Lipinski definition) is 5. The molecule has 2 aliphatic heterocycles. The first-order valence-electron chi connectivity index (χ1n) is 11.6. The summed E-state index contributed by atoms with van der Waals surface area (Å²) in [4.78, 5) is 12.3. The summed E-state index contributed by atoms with van der Waals surface area (Å²) in [7, 11) is 2.23. The molecule has 0 spiro atoms. The zero-order valence-corrected chi connectivity index (χ0v) is 21.6. The van der Waals surface area contributed by atoms with Gasteiger partial charge in [-0.05, 0) is 26.0 Å². The van der Waals surface area contributed by atoms with E-state index in [1.54, 1.807) is 0 Å². The Balaban J connectivity index is 0.00000341. The molecule has 0 bridgehead atoms. The summed E-state index contributed by atoms with van der Waals surface area (Å²) in [6.07, 6.45) is 1.08. The van der Waals surface area contributed by atoms with Gasteiger partial charge in [-0.25, -0.2) is 0 Å². The van der Waals surface area contributed by atoms with Crippen LogP contribution in [0.1, 0.15) is 24.9 Å². The van der Waals surface area contributed by atoms with E-state index in [0.29, 0.717) is 6.04 Å². The standard InChI is InChI=1S/C23H40N6O.HI/c1-3-24-23(26-11-13-28-16-18-30-19-17-28)25-10-7-12-29-15-14-27(2)20-22(29)21-8-5-4-6-9-21;/h4-6,8-9,22H,3,7,10-20H2,1-2H3,(H2,24,25,26);1H. The van der Waals surface area contributed by atoms with Crippen molar-refractivity contribution in [2.75, 3.05) is 85.7 Å². The normalized spacial score (nSPS) is 21.5. The number of nitrogens with one attached hydrogen (secondary N) is 2. The smallest absolute Gasteiger partial charge is 0.191 e. The van der Waals surface area contributed by atoms with Gasteiger partial charge in [-0.15, -0.1) is 24.0 Å². The lowest BCUT2D eigenvalue weighted by Crippen LogP contribution is -2.47. The summed E-state index contributed by atoms with van der Waals surface area (Å²) in [5, 5.41) is 6.86. The van der Waals surface area contributed by atoms with Gasteiger partial charge < -0.3 is 20.3 Å². The molecular weight excluding hydrogens is 503 g/mol. The molecular formula is C23H41IN6O. The van der Waals surface area contributed by atoms with Crippen molar-refractivity contribution in [3.05, 3.63) is 35.9 Å². The van der Waals surface area contributed by atoms with Crippen LogP contribution in [0.3, 0.4) is 0 Å². The van der Waals surface area contributed by atoms with Crippen LogP contribution in [-0.2, 0) is 4.74 Å². The van der Waals surface area contributed by atoms with E-state index in [1.165, 1.54) is 5.56 Å². The molecule has 1 aromatic carbocycles. The number of benzene rings is 1. The molecule has 176 valence electrons.